The number of aliphatic imine (C=N–C) groups is 1. The predicted molar refractivity (Wildman–Crippen MR) is 127 cm³/mol. The second kappa shape index (κ2) is 12.3. The third-order valence-corrected chi connectivity index (χ3v) is 5.92. The van der Waals surface area contributed by atoms with Gasteiger partial charge in [-0.2, -0.15) is 0 Å². The summed E-state index contributed by atoms with van der Waals surface area (Å²) in [6.07, 6.45) is 0.839. The summed E-state index contributed by atoms with van der Waals surface area (Å²) in [5.74, 6) is 0.699. The van der Waals surface area contributed by atoms with E-state index in [9.17, 15) is 8.42 Å². The average Bonchev–Trinajstić information content (AvgIpc) is 3.05. The van der Waals surface area contributed by atoms with Gasteiger partial charge in [-0.3, -0.25) is 0 Å². The molecule has 0 atom stereocenters. The van der Waals surface area contributed by atoms with Gasteiger partial charge in [0.15, 0.2) is 5.96 Å². The van der Waals surface area contributed by atoms with Crippen LogP contribution < -0.4 is 15.4 Å². The highest BCUT2D eigenvalue weighted by Crippen LogP contribution is 2.10. The van der Waals surface area contributed by atoms with Crippen molar-refractivity contribution in [1.82, 2.24) is 20.3 Å². The summed E-state index contributed by atoms with van der Waals surface area (Å²) >= 11 is 1.66. The summed E-state index contributed by atoms with van der Waals surface area (Å²) in [5.41, 5.74) is 2.79. The maximum absolute atomic E-state index is 11.7. The Bertz CT molecular complexity index is 868. The number of hydrogen-bond acceptors (Lipinski definition) is 5. The lowest BCUT2D eigenvalue weighted by atomic mass is 10.1. The van der Waals surface area contributed by atoms with Crippen LogP contribution in [0.1, 0.15) is 28.8 Å². The average molecular weight is 537 g/mol. The minimum Gasteiger partial charge on any atom is -0.357 e. The minimum atomic E-state index is -3.28. The molecule has 7 nitrogen and oxygen atoms in total. The molecule has 0 fully saturated rings. The second-order valence-electron chi connectivity index (χ2n) is 6.01. The van der Waals surface area contributed by atoms with E-state index >= 15 is 0 Å². The molecule has 10 heteroatoms. The van der Waals surface area contributed by atoms with Crippen molar-refractivity contribution in [2.45, 2.75) is 32.6 Å². The maximum atomic E-state index is 11.7. The first-order valence-corrected chi connectivity index (χ1v) is 11.4. The van der Waals surface area contributed by atoms with Crippen LogP contribution >= 0.6 is 35.3 Å². The standard InChI is InChI=1S/C18H27N5O2S2.HI/c1-4-20-18(21-9-8-17-12-26-14(2)23-17)22-11-15-6-5-7-16(10-15)13-27(24,25)19-3;/h5-7,10,12,19H,4,8-9,11,13H2,1-3H3,(H2,20,21,22);1H. The number of hydrogen-bond donors (Lipinski definition) is 3. The maximum Gasteiger partial charge on any atom is 0.215 e. The van der Waals surface area contributed by atoms with Crippen molar-refractivity contribution in [3.63, 3.8) is 0 Å². The lowest BCUT2D eigenvalue weighted by Gasteiger charge is -2.11. The number of guanidine groups is 1. The SMILES string of the molecule is CCNC(=NCc1cccc(CS(=O)(=O)NC)c1)NCCc1csc(C)n1.I. The Morgan fingerprint density at radius 2 is 2.00 bits per heavy atom. The van der Waals surface area contributed by atoms with Crippen LogP contribution in [0.5, 0.6) is 0 Å². The smallest absolute Gasteiger partial charge is 0.215 e. The van der Waals surface area contributed by atoms with Gasteiger partial charge >= 0.3 is 0 Å². The molecule has 2 aromatic rings. The molecule has 28 heavy (non-hydrogen) atoms. The van der Waals surface area contributed by atoms with Gasteiger partial charge in [-0.1, -0.05) is 24.3 Å². The number of aryl methyl sites for hydroxylation is 1. The van der Waals surface area contributed by atoms with E-state index in [1.807, 2.05) is 32.0 Å². The first-order chi connectivity index (χ1) is 12.9. The summed E-state index contributed by atoms with van der Waals surface area (Å²) in [4.78, 5) is 9.05. The molecule has 1 aromatic carbocycles. The molecule has 1 aromatic heterocycles. The fraction of sp³-hybridized carbons (Fsp3) is 0.444. The van der Waals surface area contributed by atoms with Gasteiger partial charge in [0.2, 0.25) is 10.0 Å². The Balaban J connectivity index is 0.00000392. The monoisotopic (exact) mass is 537 g/mol. The highest BCUT2D eigenvalue weighted by Gasteiger charge is 2.08. The second-order valence-corrected chi connectivity index (χ2v) is 9.00. The molecule has 0 saturated heterocycles. The van der Waals surface area contributed by atoms with Gasteiger partial charge in [0.1, 0.15) is 0 Å². The summed E-state index contributed by atoms with van der Waals surface area (Å²) < 4.78 is 25.7. The van der Waals surface area contributed by atoms with Crippen molar-refractivity contribution in [2.75, 3.05) is 20.1 Å². The number of benzene rings is 1. The zero-order valence-corrected chi connectivity index (χ0v) is 20.3. The lowest BCUT2D eigenvalue weighted by Crippen LogP contribution is -2.38. The molecule has 156 valence electrons. The van der Waals surface area contributed by atoms with E-state index in [2.05, 4.69) is 30.7 Å². The van der Waals surface area contributed by atoms with Crippen LogP contribution in [0.2, 0.25) is 0 Å². The van der Waals surface area contributed by atoms with E-state index in [1.54, 1.807) is 17.4 Å². The molecule has 0 amide bonds. The van der Waals surface area contributed by atoms with Crippen LogP contribution in [0.15, 0.2) is 34.6 Å². The van der Waals surface area contributed by atoms with Crippen LogP contribution in [-0.4, -0.2) is 39.5 Å². The molecule has 0 spiro atoms. The van der Waals surface area contributed by atoms with Gasteiger partial charge in [-0.05, 0) is 32.0 Å². The highest BCUT2D eigenvalue weighted by atomic mass is 127. The Kier molecular flexibility index (Phi) is 10.9. The van der Waals surface area contributed by atoms with E-state index in [0.29, 0.717) is 6.54 Å². The fourth-order valence-electron chi connectivity index (χ4n) is 2.45. The number of nitrogens with one attached hydrogen (secondary N) is 3. The Hall–Kier alpha value is -1.24. The van der Waals surface area contributed by atoms with Gasteiger partial charge in [0.05, 0.1) is 23.0 Å². The fourth-order valence-corrected chi connectivity index (χ4v) is 3.86. The van der Waals surface area contributed by atoms with E-state index < -0.39 is 10.0 Å². The van der Waals surface area contributed by atoms with Crippen LogP contribution in [0, 0.1) is 6.92 Å². The largest absolute Gasteiger partial charge is 0.357 e. The zero-order chi connectivity index (χ0) is 19.7. The third kappa shape index (κ3) is 8.84. The molecule has 0 aliphatic heterocycles. The van der Waals surface area contributed by atoms with Gasteiger partial charge in [0, 0.05) is 24.9 Å². The zero-order valence-electron chi connectivity index (χ0n) is 16.4. The van der Waals surface area contributed by atoms with Gasteiger partial charge < -0.3 is 10.6 Å². The number of rotatable bonds is 9. The number of nitrogens with zero attached hydrogens (tertiary/aromatic N) is 2. The van der Waals surface area contributed by atoms with Gasteiger partial charge in [0.25, 0.3) is 0 Å². The van der Waals surface area contributed by atoms with E-state index in [0.717, 1.165) is 47.3 Å². The molecule has 3 N–H and O–H groups in total. The first-order valence-electron chi connectivity index (χ1n) is 8.84. The summed E-state index contributed by atoms with van der Waals surface area (Å²) in [7, 11) is -1.86. The Morgan fingerprint density at radius 3 is 2.64 bits per heavy atom. The highest BCUT2D eigenvalue weighted by molar-refractivity contribution is 14.0. The van der Waals surface area contributed by atoms with E-state index in [4.69, 9.17) is 0 Å². The third-order valence-electron chi connectivity index (χ3n) is 3.76. The molecule has 1 heterocycles. The first kappa shape index (κ1) is 24.8. The number of halogens is 1. The minimum absolute atomic E-state index is 0. The van der Waals surface area contributed by atoms with E-state index in [-0.39, 0.29) is 29.7 Å². The summed E-state index contributed by atoms with van der Waals surface area (Å²) in [6, 6.07) is 7.48. The van der Waals surface area contributed by atoms with Crippen molar-refractivity contribution in [1.29, 1.82) is 0 Å². The van der Waals surface area contributed by atoms with E-state index in [1.165, 1.54) is 7.05 Å². The van der Waals surface area contributed by atoms with Gasteiger partial charge in [-0.25, -0.2) is 23.1 Å². The molecule has 0 saturated carbocycles. The number of aromatic nitrogens is 1. The van der Waals surface area contributed by atoms with Crippen molar-refractivity contribution >= 4 is 51.3 Å². The quantitative estimate of drug-likeness (QED) is 0.260. The normalized spacial score (nSPS) is 11.8. The molecule has 0 bridgehead atoms. The topological polar surface area (TPSA) is 95.5 Å². The Labute approximate surface area is 188 Å². The molecule has 2 rings (SSSR count). The molecule has 0 aliphatic rings. The summed E-state index contributed by atoms with van der Waals surface area (Å²) in [6.45, 7) is 6.00. The number of sulfonamides is 1. The lowest BCUT2D eigenvalue weighted by molar-refractivity contribution is 0.587. The van der Waals surface area contributed by atoms with Crippen molar-refractivity contribution in [2.24, 2.45) is 4.99 Å². The number of thiazole rings is 1. The molecule has 0 aliphatic carbocycles. The summed E-state index contributed by atoms with van der Waals surface area (Å²) in [5, 5.41) is 9.68. The van der Waals surface area contributed by atoms with Gasteiger partial charge in [-0.15, -0.1) is 35.3 Å². The van der Waals surface area contributed by atoms with Crippen LogP contribution in [-0.2, 0) is 28.7 Å². The van der Waals surface area contributed by atoms with Crippen LogP contribution in [0.3, 0.4) is 0 Å². The molecule has 0 radical (unpaired) electrons. The molecular formula is C18H28IN5O2S2. The van der Waals surface area contributed by atoms with Crippen LogP contribution in [0.25, 0.3) is 0 Å². The van der Waals surface area contributed by atoms with Crippen LogP contribution in [0.4, 0.5) is 0 Å². The molecule has 0 unspecified atom stereocenters. The van der Waals surface area contributed by atoms with Crippen molar-refractivity contribution in [3.05, 3.63) is 51.5 Å². The van der Waals surface area contributed by atoms with Crippen molar-refractivity contribution in [3.8, 4) is 0 Å². The van der Waals surface area contributed by atoms with Crippen molar-refractivity contribution < 1.29 is 8.42 Å². The Morgan fingerprint density at radius 1 is 1.25 bits per heavy atom. The molecular weight excluding hydrogens is 509 g/mol. The predicted octanol–water partition coefficient (Wildman–Crippen LogP) is 2.42.